The highest BCUT2D eigenvalue weighted by Crippen LogP contribution is 2.65. The third-order valence-electron chi connectivity index (χ3n) is 8.17. The molecule has 4 amide bonds. The minimum atomic E-state index is -5.16. The van der Waals surface area contributed by atoms with Gasteiger partial charge in [0.2, 0.25) is 17.7 Å². The van der Waals surface area contributed by atoms with Crippen LogP contribution in [0.25, 0.3) is 0 Å². The van der Waals surface area contributed by atoms with Gasteiger partial charge in [-0.05, 0) is 56.3 Å². The van der Waals surface area contributed by atoms with Crippen molar-refractivity contribution < 1.29 is 37.1 Å². The number of fused-ring (bicyclic) bond motifs is 1. The maximum absolute atomic E-state index is 13.5. The first-order valence-corrected chi connectivity index (χ1v) is 13.8. The fraction of sp³-hybridized carbons (Fsp3) is 0.821. The molecule has 0 unspecified atom stereocenters. The van der Waals surface area contributed by atoms with Gasteiger partial charge in [-0.1, -0.05) is 34.6 Å². The fourth-order valence-electron chi connectivity index (χ4n) is 5.40. The summed E-state index contributed by atoms with van der Waals surface area (Å²) in [5.74, 6) is -4.46. The van der Waals surface area contributed by atoms with Crippen LogP contribution in [0.2, 0.25) is 0 Å². The average Bonchev–Trinajstić information content (AvgIpc) is 3.18. The van der Waals surface area contributed by atoms with Gasteiger partial charge in [0, 0.05) is 26.1 Å². The van der Waals surface area contributed by atoms with Crippen LogP contribution >= 0.6 is 0 Å². The van der Waals surface area contributed by atoms with Crippen LogP contribution in [-0.2, 0) is 23.9 Å². The normalized spacial score (nSPS) is 26.4. The smallest absolute Gasteiger partial charge is 0.379 e. The maximum Gasteiger partial charge on any atom is 0.471 e. The Balaban J connectivity index is 0.000000883. The standard InChI is InChI=1S/C23H32F3N5O4.C5H12O/c1-21(2,3)16(30-20(35)23(24,25)26)19(34)31-10-13-14(22(13,4)5)15(31)18(33)29-12(9-27)8-11-6-7-28-17(11)32;1-5(2,3)6-4/h11-16H,6-8,10H2,1-5H3,(H,28,32)(H,29,33)(H,30,35);1-4H3/t11-,12-,13-,14-,15-,16+;/m0./s1. The van der Waals surface area contributed by atoms with Crippen molar-refractivity contribution in [2.24, 2.45) is 28.6 Å². The molecule has 3 fully saturated rings. The van der Waals surface area contributed by atoms with Crippen molar-refractivity contribution in [2.75, 3.05) is 20.2 Å². The molecule has 2 heterocycles. The Bertz CT molecular complexity index is 1060. The van der Waals surface area contributed by atoms with E-state index < -0.39 is 53.4 Å². The van der Waals surface area contributed by atoms with Crippen LogP contribution in [-0.4, -0.2) is 78.6 Å². The summed E-state index contributed by atoms with van der Waals surface area (Å²) in [5, 5.41) is 16.7. The summed E-state index contributed by atoms with van der Waals surface area (Å²) in [5.41, 5.74) is -1.29. The minimum Gasteiger partial charge on any atom is -0.379 e. The summed E-state index contributed by atoms with van der Waals surface area (Å²) < 4.78 is 43.7. The number of rotatable bonds is 6. The number of piperidine rings is 1. The van der Waals surface area contributed by atoms with E-state index in [1.165, 1.54) is 25.7 Å². The molecule has 0 aromatic heterocycles. The van der Waals surface area contributed by atoms with Gasteiger partial charge < -0.3 is 25.6 Å². The topological polar surface area (TPSA) is 141 Å². The van der Waals surface area contributed by atoms with E-state index in [1.54, 1.807) is 12.4 Å². The molecule has 1 aliphatic carbocycles. The van der Waals surface area contributed by atoms with E-state index in [1.807, 2.05) is 40.7 Å². The number of nitrogens with one attached hydrogen (secondary N) is 3. The molecule has 41 heavy (non-hydrogen) atoms. The molecular weight excluding hydrogens is 543 g/mol. The van der Waals surface area contributed by atoms with E-state index in [0.717, 1.165) is 0 Å². The lowest BCUT2D eigenvalue weighted by Gasteiger charge is -2.37. The number of alkyl halides is 3. The van der Waals surface area contributed by atoms with Gasteiger partial charge in [0.1, 0.15) is 18.1 Å². The van der Waals surface area contributed by atoms with Crippen molar-refractivity contribution in [3.8, 4) is 6.07 Å². The van der Waals surface area contributed by atoms with Crippen molar-refractivity contribution in [3.63, 3.8) is 0 Å². The van der Waals surface area contributed by atoms with Gasteiger partial charge in [0.15, 0.2) is 0 Å². The first-order valence-electron chi connectivity index (χ1n) is 13.8. The van der Waals surface area contributed by atoms with E-state index >= 15 is 0 Å². The molecule has 0 radical (unpaired) electrons. The van der Waals surface area contributed by atoms with E-state index in [4.69, 9.17) is 4.74 Å². The molecular formula is C28H44F3N5O5. The summed E-state index contributed by atoms with van der Waals surface area (Å²) >= 11 is 0. The Kier molecular flexibility index (Phi) is 10.2. The Labute approximate surface area is 240 Å². The lowest BCUT2D eigenvalue weighted by atomic mass is 9.85. The number of methoxy groups -OCH3 is 1. The molecule has 0 aromatic carbocycles. The Morgan fingerprint density at radius 3 is 2.12 bits per heavy atom. The van der Waals surface area contributed by atoms with Crippen LogP contribution in [0, 0.1) is 39.9 Å². The van der Waals surface area contributed by atoms with E-state index in [2.05, 4.69) is 10.6 Å². The predicted octanol–water partition coefficient (Wildman–Crippen LogP) is 2.53. The molecule has 0 spiro atoms. The van der Waals surface area contributed by atoms with Crippen molar-refractivity contribution in [1.29, 1.82) is 5.26 Å². The first kappa shape index (κ1) is 34.3. The van der Waals surface area contributed by atoms with Crippen molar-refractivity contribution in [2.45, 2.75) is 98.1 Å². The number of halogens is 3. The zero-order valence-electron chi connectivity index (χ0n) is 25.4. The van der Waals surface area contributed by atoms with Gasteiger partial charge in [0.25, 0.3) is 0 Å². The van der Waals surface area contributed by atoms with Gasteiger partial charge in [0.05, 0.1) is 11.7 Å². The van der Waals surface area contributed by atoms with Gasteiger partial charge >= 0.3 is 12.1 Å². The molecule has 0 aromatic rings. The molecule has 6 atom stereocenters. The summed E-state index contributed by atoms with van der Waals surface area (Å²) in [6.07, 6.45) is -4.49. The van der Waals surface area contributed by atoms with Crippen LogP contribution in [0.3, 0.4) is 0 Å². The number of hydrogen-bond acceptors (Lipinski definition) is 6. The number of likely N-dealkylation sites (tertiary alicyclic amines) is 1. The lowest BCUT2D eigenvalue weighted by Crippen LogP contribution is -2.61. The summed E-state index contributed by atoms with van der Waals surface area (Å²) in [6.45, 7) is 15.2. The van der Waals surface area contributed by atoms with Crippen molar-refractivity contribution in [3.05, 3.63) is 0 Å². The Hall–Kier alpha value is -2.88. The number of carbonyl (C=O) groups is 4. The number of nitriles is 1. The van der Waals surface area contributed by atoms with Gasteiger partial charge in [-0.15, -0.1) is 0 Å². The zero-order valence-corrected chi connectivity index (χ0v) is 25.4. The summed E-state index contributed by atoms with van der Waals surface area (Å²) in [4.78, 5) is 51.6. The largest absolute Gasteiger partial charge is 0.471 e. The van der Waals surface area contributed by atoms with E-state index in [0.29, 0.717) is 13.0 Å². The highest BCUT2D eigenvalue weighted by atomic mass is 19.4. The van der Waals surface area contributed by atoms with Gasteiger partial charge in [-0.2, -0.15) is 18.4 Å². The monoisotopic (exact) mass is 587 g/mol. The molecule has 13 heteroatoms. The fourth-order valence-corrected chi connectivity index (χ4v) is 5.40. The predicted molar refractivity (Wildman–Crippen MR) is 144 cm³/mol. The minimum absolute atomic E-state index is 0.0396. The number of ether oxygens (including phenoxy) is 1. The molecule has 0 bridgehead atoms. The zero-order chi connectivity index (χ0) is 31.7. The number of amides is 4. The summed E-state index contributed by atoms with van der Waals surface area (Å²) in [7, 11) is 1.71. The molecule has 2 saturated heterocycles. The Morgan fingerprint density at radius 2 is 1.71 bits per heavy atom. The highest BCUT2D eigenvalue weighted by Gasteiger charge is 2.70. The molecule has 1 saturated carbocycles. The summed E-state index contributed by atoms with van der Waals surface area (Å²) in [6, 6.07) is -1.48. The van der Waals surface area contributed by atoms with Crippen LogP contribution in [0.4, 0.5) is 13.2 Å². The quantitative estimate of drug-likeness (QED) is 0.436. The van der Waals surface area contributed by atoms with Crippen LogP contribution < -0.4 is 16.0 Å². The van der Waals surface area contributed by atoms with Gasteiger partial charge in [-0.25, -0.2) is 0 Å². The lowest BCUT2D eigenvalue weighted by molar-refractivity contribution is -0.176. The van der Waals surface area contributed by atoms with Gasteiger partial charge in [-0.3, -0.25) is 19.2 Å². The average molecular weight is 588 g/mol. The van der Waals surface area contributed by atoms with Crippen LogP contribution in [0.5, 0.6) is 0 Å². The van der Waals surface area contributed by atoms with Crippen molar-refractivity contribution in [1.82, 2.24) is 20.9 Å². The molecule has 10 nitrogen and oxygen atoms in total. The number of nitrogens with zero attached hydrogens (tertiary/aromatic N) is 2. The second-order valence-electron chi connectivity index (χ2n) is 13.7. The molecule has 3 N–H and O–H groups in total. The second-order valence-corrected chi connectivity index (χ2v) is 13.7. The Morgan fingerprint density at radius 1 is 1.15 bits per heavy atom. The van der Waals surface area contributed by atoms with Crippen LogP contribution in [0.15, 0.2) is 0 Å². The molecule has 2 aliphatic heterocycles. The highest BCUT2D eigenvalue weighted by molar-refractivity contribution is 5.95. The molecule has 232 valence electrons. The van der Waals surface area contributed by atoms with Crippen LogP contribution in [0.1, 0.15) is 68.2 Å². The van der Waals surface area contributed by atoms with E-state index in [9.17, 15) is 37.6 Å². The molecule has 3 rings (SSSR count). The van der Waals surface area contributed by atoms with Crippen molar-refractivity contribution >= 4 is 23.6 Å². The SMILES string of the molecule is CC(C)(C)[C@H](NC(=O)C(F)(F)F)C(=O)N1C[C@H]2[C@@H]([C@H]1C(=O)N[C@H](C#N)C[C@@H]1CCNC1=O)C2(C)C.COC(C)(C)C. The third-order valence-corrected chi connectivity index (χ3v) is 8.17. The first-order chi connectivity index (χ1) is 18.6. The van der Waals surface area contributed by atoms with E-state index in [-0.39, 0.29) is 41.7 Å². The molecule has 3 aliphatic rings. The second kappa shape index (κ2) is 12.2. The number of hydrogen-bond donors (Lipinski definition) is 3. The third kappa shape index (κ3) is 8.33. The number of carbonyl (C=O) groups excluding carboxylic acids is 4. The maximum atomic E-state index is 13.5.